The molecule has 3 aromatic rings. The Labute approximate surface area is 233 Å². The number of fused-ring (bicyclic) bond motifs is 2. The zero-order valence-electron chi connectivity index (χ0n) is 26.3. The Morgan fingerprint density at radius 2 is 0.974 bits per heavy atom. The molecule has 3 nitrogen and oxygen atoms in total. The fourth-order valence-electron chi connectivity index (χ4n) is 5.94. The fraction of sp³-hybridized carbons (Fsp3) is 0.471. The van der Waals surface area contributed by atoms with Crippen LogP contribution in [0.1, 0.15) is 76.0 Å². The van der Waals surface area contributed by atoms with Crippen molar-refractivity contribution in [1.29, 1.82) is 0 Å². The molecular weight excluding hydrogens is 461 g/mol. The van der Waals surface area contributed by atoms with Gasteiger partial charge in [0.1, 0.15) is 11.4 Å². The van der Waals surface area contributed by atoms with Crippen molar-refractivity contribution >= 4 is 45.9 Å². The first-order chi connectivity index (χ1) is 17.5. The molecule has 38 heavy (non-hydrogen) atoms. The predicted molar refractivity (Wildman–Crippen MR) is 173 cm³/mol. The van der Waals surface area contributed by atoms with Crippen LogP contribution in [0, 0.1) is 0 Å². The molecule has 3 aromatic carbocycles. The second-order valence-electron chi connectivity index (χ2n) is 14.1. The van der Waals surface area contributed by atoms with E-state index >= 15 is 0 Å². The molecule has 0 aliphatic carbocycles. The predicted octanol–water partition coefficient (Wildman–Crippen LogP) is 6.05. The molecule has 4 heteroatoms. The molecule has 0 fully saturated rings. The van der Waals surface area contributed by atoms with Gasteiger partial charge in [0.2, 0.25) is 6.71 Å². The quantitative estimate of drug-likeness (QED) is 0.288. The lowest BCUT2D eigenvalue weighted by molar-refractivity contribution is 0.486. The normalized spacial score (nSPS) is 14.0. The van der Waals surface area contributed by atoms with Crippen LogP contribution in [0.25, 0.3) is 0 Å². The van der Waals surface area contributed by atoms with Crippen LogP contribution in [-0.4, -0.2) is 56.0 Å². The molecule has 0 spiro atoms. The van der Waals surface area contributed by atoms with Crippen LogP contribution in [0.4, 0.5) is 22.7 Å². The maximum absolute atomic E-state index is 2.52. The smallest absolute Gasteiger partial charge is 0.247 e. The average Bonchev–Trinajstić information content (AvgIpc) is 2.81. The van der Waals surface area contributed by atoms with Gasteiger partial charge in [0.25, 0.3) is 0 Å². The second kappa shape index (κ2) is 9.88. The number of rotatable bonds is 6. The van der Waals surface area contributed by atoms with E-state index in [4.69, 9.17) is 0 Å². The maximum atomic E-state index is 2.52. The van der Waals surface area contributed by atoms with Gasteiger partial charge in [-0.05, 0) is 69.6 Å². The van der Waals surface area contributed by atoms with Gasteiger partial charge >= 0.3 is 0 Å². The summed E-state index contributed by atoms with van der Waals surface area (Å²) in [5.74, 6) is 1.39. The lowest BCUT2D eigenvalue weighted by Gasteiger charge is -2.38. The van der Waals surface area contributed by atoms with E-state index in [1.807, 2.05) is 0 Å². The van der Waals surface area contributed by atoms with Gasteiger partial charge in [-0.3, -0.25) is 8.97 Å². The molecule has 4 rings (SSSR count). The summed E-state index contributed by atoms with van der Waals surface area (Å²) in [6.45, 7) is 14.3. The Morgan fingerprint density at radius 3 is 1.29 bits per heavy atom. The van der Waals surface area contributed by atoms with Gasteiger partial charge in [-0.1, -0.05) is 59.1 Å². The van der Waals surface area contributed by atoms with Gasteiger partial charge in [-0.15, -0.1) is 0 Å². The highest BCUT2D eigenvalue weighted by atomic mass is 15.3. The standard InChI is InChI=1S/C34H50BN3/c1-22(2)25-18-28(23(3)4)34(29(19-25)24(5)6)35-30-20-26(37(8,9)10)14-16-32(30)36(7)33-17-15-27(21-31(33)35)38(11,12)13/h14-24H,1-13H3/q+2. The Hall–Kier alpha value is -2.56. The van der Waals surface area contributed by atoms with Crippen molar-refractivity contribution in [3.8, 4) is 0 Å². The monoisotopic (exact) mass is 511 g/mol. The zero-order valence-corrected chi connectivity index (χ0v) is 26.3. The molecule has 1 aliphatic heterocycles. The third kappa shape index (κ3) is 5.06. The lowest BCUT2D eigenvalue weighted by atomic mass is 9.33. The van der Waals surface area contributed by atoms with Gasteiger partial charge in [0.15, 0.2) is 0 Å². The van der Waals surface area contributed by atoms with Crippen LogP contribution in [0.3, 0.4) is 0 Å². The van der Waals surface area contributed by atoms with E-state index in [1.54, 1.807) is 0 Å². The van der Waals surface area contributed by atoms with Crippen molar-refractivity contribution in [2.45, 2.75) is 59.3 Å². The third-order valence-electron chi connectivity index (χ3n) is 8.38. The molecule has 0 unspecified atom stereocenters. The first-order valence-electron chi connectivity index (χ1n) is 14.4. The highest BCUT2D eigenvalue weighted by Crippen LogP contribution is 2.34. The Morgan fingerprint density at radius 1 is 0.579 bits per heavy atom. The SMILES string of the molecule is CC(C)c1cc(C(C)C)c(B2c3cc([N+](C)(C)C)ccc3N(C)c3ccc([N+](C)(C)C)cc32)c(C(C)C)c1. The molecule has 0 saturated heterocycles. The molecule has 0 aromatic heterocycles. The van der Waals surface area contributed by atoms with E-state index in [-0.39, 0.29) is 6.71 Å². The summed E-state index contributed by atoms with van der Waals surface area (Å²) >= 11 is 0. The van der Waals surface area contributed by atoms with E-state index in [0.717, 1.165) is 8.97 Å². The average molecular weight is 512 g/mol. The fourth-order valence-corrected chi connectivity index (χ4v) is 5.94. The number of nitrogens with zero attached hydrogens (tertiary/aromatic N) is 3. The van der Waals surface area contributed by atoms with Crippen molar-refractivity contribution in [3.63, 3.8) is 0 Å². The van der Waals surface area contributed by atoms with E-state index < -0.39 is 0 Å². The molecule has 0 N–H and O–H groups in total. The third-order valence-corrected chi connectivity index (χ3v) is 8.38. The Kier molecular flexibility index (Phi) is 7.40. The number of hydrogen-bond acceptors (Lipinski definition) is 1. The van der Waals surface area contributed by atoms with Crippen LogP contribution < -0.4 is 30.3 Å². The van der Waals surface area contributed by atoms with Gasteiger partial charge in [0.05, 0.1) is 42.3 Å². The van der Waals surface area contributed by atoms with Crippen LogP contribution >= 0.6 is 0 Å². The number of quaternary nitrogens is 2. The number of anilines is 2. The van der Waals surface area contributed by atoms with Crippen molar-refractivity contribution < 1.29 is 0 Å². The van der Waals surface area contributed by atoms with Gasteiger partial charge in [-0.2, -0.15) is 0 Å². The van der Waals surface area contributed by atoms with Crippen LogP contribution in [0.2, 0.25) is 0 Å². The molecule has 0 radical (unpaired) electrons. The minimum atomic E-state index is 0.185. The molecule has 1 aliphatic rings. The summed E-state index contributed by atoms with van der Waals surface area (Å²) in [4.78, 5) is 2.41. The zero-order chi connectivity index (χ0) is 28.3. The minimum Gasteiger partial charge on any atom is -0.345 e. The summed E-state index contributed by atoms with van der Waals surface area (Å²) in [5, 5.41) is 0. The van der Waals surface area contributed by atoms with Crippen molar-refractivity contribution in [2.24, 2.45) is 0 Å². The Balaban J connectivity index is 2.17. The molecule has 0 amide bonds. The number of hydrogen-bond donors (Lipinski definition) is 0. The van der Waals surface area contributed by atoms with Crippen LogP contribution in [0.5, 0.6) is 0 Å². The van der Waals surface area contributed by atoms with Gasteiger partial charge < -0.3 is 4.90 Å². The van der Waals surface area contributed by atoms with E-state index in [0.29, 0.717) is 17.8 Å². The first-order valence-corrected chi connectivity index (χ1v) is 14.4. The summed E-state index contributed by atoms with van der Waals surface area (Å²) in [7, 11) is 15.8. The highest BCUT2D eigenvalue weighted by molar-refractivity contribution is 6.98. The molecular formula is C34H50BN3+2. The molecule has 202 valence electrons. The molecule has 0 atom stereocenters. The van der Waals surface area contributed by atoms with E-state index in [9.17, 15) is 0 Å². The van der Waals surface area contributed by atoms with Gasteiger partial charge in [0, 0.05) is 30.6 Å². The summed E-state index contributed by atoms with van der Waals surface area (Å²) in [6, 6.07) is 19.3. The van der Waals surface area contributed by atoms with Crippen LogP contribution in [0.15, 0.2) is 48.5 Å². The molecule has 1 heterocycles. The van der Waals surface area contributed by atoms with Crippen LogP contribution in [-0.2, 0) is 0 Å². The lowest BCUT2D eigenvalue weighted by Crippen LogP contribution is -2.60. The second-order valence-corrected chi connectivity index (χ2v) is 14.1. The van der Waals surface area contributed by atoms with Crippen molar-refractivity contribution in [1.82, 2.24) is 8.97 Å². The molecule has 0 saturated carbocycles. The van der Waals surface area contributed by atoms with E-state index in [1.165, 1.54) is 55.8 Å². The molecule has 0 bridgehead atoms. The van der Waals surface area contributed by atoms with E-state index in [2.05, 4.69) is 144 Å². The summed E-state index contributed by atoms with van der Waals surface area (Å²) in [5.41, 5.74) is 14.1. The summed E-state index contributed by atoms with van der Waals surface area (Å²) < 4.78 is 1.60. The summed E-state index contributed by atoms with van der Waals surface area (Å²) in [6.07, 6.45) is 0. The first kappa shape index (κ1) is 28.5. The minimum absolute atomic E-state index is 0.185. The topological polar surface area (TPSA) is 3.24 Å². The number of benzene rings is 3. The largest absolute Gasteiger partial charge is 0.345 e. The van der Waals surface area contributed by atoms with Gasteiger partial charge in [-0.25, -0.2) is 0 Å². The van der Waals surface area contributed by atoms with Crippen molar-refractivity contribution in [3.05, 3.63) is 65.2 Å². The highest BCUT2D eigenvalue weighted by Gasteiger charge is 2.39. The van der Waals surface area contributed by atoms with Crippen molar-refractivity contribution in [2.75, 3.05) is 54.2 Å². The maximum Gasteiger partial charge on any atom is 0.247 e. The Bertz CT molecular complexity index is 1240.